The molecule has 2 atom stereocenters. The third-order valence-corrected chi connectivity index (χ3v) is 3.21. The van der Waals surface area contributed by atoms with E-state index < -0.39 is 0 Å². The SMILES string of the molecule is CC(C)=C1CC[C@@H](C)[C@@H]1CN(C)C. The zero-order valence-corrected chi connectivity index (χ0v) is 9.72. The molecule has 1 rings (SSSR count). The minimum Gasteiger partial charge on any atom is -0.309 e. The Bertz CT molecular complexity index is 199. The van der Waals surface area contributed by atoms with Crippen molar-refractivity contribution < 1.29 is 0 Å². The molecule has 0 radical (unpaired) electrons. The largest absolute Gasteiger partial charge is 0.309 e. The van der Waals surface area contributed by atoms with Gasteiger partial charge in [-0.1, -0.05) is 18.1 Å². The first-order valence-corrected chi connectivity index (χ1v) is 5.33. The first kappa shape index (κ1) is 10.8. The van der Waals surface area contributed by atoms with Crippen LogP contribution < -0.4 is 0 Å². The van der Waals surface area contributed by atoms with Gasteiger partial charge in [0.25, 0.3) is 0 Å². The van der Waals surface area contributed by atoms with Gasteiger partial charge in [0.05, 0.1) is 0 Å². The van der Waals surface area contributed by atoms with Crippen LogP contribution in [0.3, 0.4) is 0 Å². The fraction of sp³-hybridized carbons (Fsp3) is 0.833. The molecule has 0 aliphatic heterocycles. The standard InChI is InChI=1S/C12H23N/c1-9(2)11-7-6-10(3)12(11)8-13(4)5/h10,12H,6-8H2,1-5H3/t10-,12+/m1/s1. The Morgan fingerprint density at radius 3 is 2.46 bits per heavy atom. The van der Waals surface area contributed by atoms with Gasteiger partial charge in [0.2, 0.25) is 0 Å². The Morgan fingerprint density at radius 2 is 2.00 bits per heavy atom. The van der Waals surface area contributed by atoms with Crippen molar-refractivity contribution >= 4 is 0 Å². The lowest BCUT2D eigenvalue weighted by atomic mass is 9.92. The van der Waals surface area contributed by atoms with Crippen LogP contribution in [-0.2, 0) is 0 Å². The van der Waals surface area contributed by atoms with Crippen molar-refractivity contribution in [3.05, 3.63) is 11.1 Å². The van der Waals surface area contributed by atoms with Crippen molar-refractivity contribution in [1.29, 1.82) is 0 Å². The van der Waals surface area contributed by atoms with Gasteiger partial charge >= 0.3 is 0 Å². The van der Waals surface area contributed by atoms with E-state index >= 15 is 0 Å². The molecular formula is C12H23N. The van der Waals surface area contributed by atoms with Crippen LogP contribution in [0.4, 0.5) is 0 Å². The van der Waals surface area contributed by atoms with Crippen LogP contribution in [0, 0.1) is 11.8 Å². The predicted octanol–water partition coefficient (Wildman–Crippen LogP) is 2.93. The molecule has 1 saturated carbocycles. The van der Waals surface area contributed by atoms with Crippen molar-refractivity contribution in [2.75, 3.05) is 20.6 Å². The van der Waals surface area contributed by atoms with Gasteiger partial charge in [-0.3, -0.25) is 0 Å². The van der Waals surface area contributed by atoms with Crippen LogP contribution in [-0.4, -0.2) is 25.5 Å². The Labute approximate surface area is 82.8 Å². The summed E-state index contributed by atoms with van der Waals surface area (Å²) < 4.78 is 0. The smallest absolute Gasteiger partial charge is 0.00436 e. The van der Waals surface area contributed by atoms with E-state index in [1.807, 2.05) is 0 Å². The van der Waals surface area contributed by atoms with Gasteiger partial charge in [-0.2, -0.15) is 0 Å². The number of allylic oxidation sites excluding steroid dienone is 1. The van der Waals surface area contributed by atoms with Crippen LogP contribution in [0.1, 0.15) is 33.6 Å². The maximum atomic E-state index is 2.39. The van der Waals surface area contributed by atoms with E-state index in [-0.39, 0.29) is 0 Å². The molecule has 0 N–H and O–H groups in total. The normalized spacial score (nSPS) is 28.6. The molecule has 1 fully saturated rings. The lowest BCUT2D eigenvalue weighted by Gasteiger charge is -2.22. The minimum atomic E-state index is 0.819. The fourth-order valence-electron chi connectivity index (χ4n) is 2.42. The van der Waals surface area contributed by atoms with Crippen molar-refractivity contribution in [3.63, 3.8) is 0 Å². The van der Waals surface area contributed by atoms with Crippen LogP contribution in [0.2, 0.25) is 0 Å². The van der Waals surface area contributed by atoms with E-state index in [4.69, 9.17) is 0 Å². The summed E-state index contributed by atoms with van der Waals surface area (Å²) in [6.45, 7) is 8.14. The molecule has 0 bridgehead atoms. The van der Waals surface area contributed by atoms with Crippen LogP contribution in [0.25, 0.3) is 0 Å². The molecule has 0 aromatic carbocycles. The molecule has 0 unspecified atom stereocenters. The third-order valence-electron chi connectivity index (χ3n) is 3.21. The molecule has 0 saturated heterocycles. The lowest BCUT2D eigenvalue weighted by Crippen LogP contribution is -2.24. The summed E-state index contributed by atoms with van der Waals surface area (Å²) in [6, 6.07) is 0. The zero-order valence-electron chi connectivity index (χ0n) is 9.72. The zero-order chi connectivity index (χ0) is 10.0. The Hall–Kier alpha value is -0.300. The highest BCUT2D eigenvalue weighted by molar-refractivity contribution is 5.19. The molecular weight excluding hydrogens is 158 g/mol. The molecule has 1 aliphatic carbocycles. The minimum absolute atomic E-state index is 0.819. The van der Waals surface area contributed by atoms with Crippen molar-refractivity contribution in [2.24, 2.45) is 11.8 Å². The highest BCUT2D eigenvalue weighted by atomic mass is 15.1. The van der Waals surface area contributed by atoms with Crippen molar-refractivity contribution in [2.45, 2.75) is 33.6 Å². The van der Waals surface area contributed by atoms with E-state index in [0.29, 0.717) is 0 Å². The van der Waals surface area contributed by atoms with E-state index in [0.717, 1.165) is 11.8 Å². The van der Waals surface area contributed by atoms with E-state index in [2.05, 4.69) is 39.8 Å². The molecule has 1 heteroatoms. The number of rotatable bonds is 2. The molecule has 0 heterocycles. The van der Waals surface area contributed by atoms with E-state index in [1.165, 1.54) is 19.4 Å². The second kappa shape index (κ2) is 4.28. The van der Waals surface area contributed by atoms with Crippen molar-refractivity contribution in [1.82, 2.24) is 4.90 Å². The van der Waals surface area contributed by atoms with Crippen LogP contribution >= 0.6 is 0 Å². The first-order valence-electron chi connectivity index (χ1n) is 5.33. The summed E-state index contributed by atoms with van der Waals surface area (Å²) in [6.07, 6.45) is 2.72. The lowest BCUT2D eigenvalue weighted by molar-refractivity contribution is 0.310. The average molecular weight is 181 g/mol. The van der Waals surface area contributed by atoms with Gasteiger partial charge in [0, 0.05) is 6.54 Å². The summed E-state index contributed by atoms with van der Waals surface area (Å²) in [7, 11) is 4.35. The second-order valence-electron chi connectivity index (χ2n) is 4.91. The monoisotopic (exact) mass is 181 g/mol. The van der Waals surface area contributed by atoms with Gasteiger partial charge in [0.1, 0.15) is 0 Å². The highest BCUT2D eigenvalue weighted by Crippen LogP contribution is 2.38. The van der Waals surface area contributed by atoms with Gasteiger partial charge in [-0.15, -0.1) is 0 Å². The van der Waals surface area contributed by atoms with E-state index in [1.54, 1.807) is 11.1 Å². The molecule has 1 aliphatic rings. The van der Waals surface area contributed by atoms with Crippen molar-refractivity contribution in [3.8, 4) is 0 Å². The summed E-state index contributed by atoms with van der Waals surface area (Å²) >= 11 is 0. The summed E-state index contributed by atoms with van der Waals surface area (Å²) in [5, 5.41) is 0. The summed E-state index contributed by atoms with van der Waals surface area (Å²) in [5.41, 5.74) is 3.28. The predicted molar refractivity (Wildman–Crippen MR) is 58.8 cm³/mol. The van der Waals surface area contributed by atoms with Gasteiger partial charge in [-0.05, 0) is 52.6 Å². The first-order chi connectivity index (χ1) is 6.02. The molecule has 0 spiro atoms. The van der Waals surface area contributed by atoms with Gasteiger partial charge in [0.15, 0.2) is 0 Å². The fourth-order valence-corrected chi connectivity index (χ4v) is 2.42. The quantitative estimate of drug-likeness (QED) is 0.592. The number of hydrogen-bond acceptors (Lipinski definition) is 1. The van der Waals surface area contributed by atoms with Crippen LogP contribution in [0.5, 0.6) is 0 Å². The topological polar surface area (TPSA) is 3.24 Å². The molecule has 1 nitrogen and oxygen atoms in total. The van der Waals surface area contributed by atoms with Gasteiger partial charge in [-0.25, -0.2) is 0 Å². The van der Waals surface area contributed by atoms with Crippen LogP contribution in [0.15, 0.2) is 11.1 Å². The molecule has 13 heavy (non-hydrogen) atoms. The maximum absolute atomic E-state index is 2.39. The molecule has 0 aromatic heterocycles. The van der Waals surface area contributed by atoms with E-state index in [9.17, 15) is 0 Å². The Morgan fingerprint density at radius 1 is 1.38 bits per heavy atom. The third kappa shape index (κ3) is 2.57. The second-order valence-corrected chi connectivity index (χ2v) is 4.91. The highest BCUT2D eigenvalue weighted by Gasteiger charge is 2.28. The number of hydrogen-bond donors (Lipinski definition) is 0. The summed E-state index contributed by atoms with van der Waals surface area (Å²) in [4.78, 5) is 2.31. The van der Waals surface area contributed by atoms with Gasteiger partial charge < -0.3 is 4.90 Å². The molecule has 0 amide bonds. The maximum Gasteiger partial charge on any atom is 0.00436 e. The number of nitrogens with zero attached hydrogens (tertiary/aromatic N) is 1. The molecule has 76 valence electrons. The Kier molecular flexibility index (Phi) is 3.55. The molecule has 0 aromatic rings. The average Bonchev–Trinajstić information content (AvgIpc) is 2.32. The Balaban J connectivity index is 2.72. The summed E-state index contributed by atoms with van der Waals surface area (Å²) in [5.74, 6) is 1.70.